The molecule has 106 valence electrons. The summed E-state index contributed by atoms with van der Waals surface area (Å²) in [6, 6.07) is 9.32. The van der Waals surface area contributed by atoms with Crippen LogP contribution in [0.5, 0.6) is 17.4 Å². The van der Waals surface area contributed by atoms with Crippen LogP contribution < -0.4 is 9.47 Å². The number of hydrogen-bond donors (Lipinski definition) is 1. The first-order valence-corrected chi connectivity index (χ1v) is 6.59. The van der Waals surface area contributed by atoms with Gasteiger partial charge in [-0.05, 0) is 42.7 Å². The summed E-state index contributed by atoms with van der Waals surface area (Å²) in [6.45, 7) is 3.97. The van der Waals surface area contributed by atoms with Gasteiger partial charge in [0.2, 0.25) is 5.88 Å². The largest absolute Gasteiger partial charge is 0.493 e. The van der Waals surface area contributed by atoms with Gasteiger partial charge in [-0.3, -0.25) is 0 Å². The van der Waals surface area contributed by atoms with E-state index in [-0.39, 0.29) is 6.61 Å². The van der Waals surface area contributed by atoms with E-state index in [1.165, 1.54) is 0 Å². The number of nitrogens with zero attached hydrogens (tertiary/aromatic N) is 1. The summed E-state index contributed by atoms with van der Waals surface area (Å²) in [5, 5.41) is 9.28. The van der Waals surface area contributed by atoms with Crippen molar-refractivity contribution in [2.75, 3.05) is 7.11 Å². The lowest BCUT2D eigenvalue weighted by Gasteiger charge is -2.12. The van der Waals surface area contributed by atoms with Crippen LogP contribution in [0, 0.1) is 6.92 Å². The van der Waals surface area contributed by atoms with Gasteiger partial charge in [-0.1, -0.05) is 13.0 Å². The van der Waals surface area contributed by atoms with Crippen molar-refractivity contribution >= 4 is 0 Å². The van der Waals surface area contributed by atoms with Crippen molar-refractivity contribution in [3.8, 4) is 17.4 Å². The van der Waals surface area contributed by atoms with Crippen LogP contribution in [0.2, 0.25) is 0 Å². The van der Waals surface area contributed by atoms with E-state index in [9.17, 15) is 5.11 Å². The topological polar surface area (TPSA) is 51.6 Å². The molecule has 0 spiro atoms. The van der Waals surface area contributed by atoms with E-state index in [0.29, 0.717) is 17.4 Å². The molecule has 2 rings (SSSR count). The normalized spacial score (nSPS) is 10.4. The molecule has 20 heavy (non-hydrogen) atoms. The number of benzene rings is 1. The van der Waals surface area contributed by atoms with E-state index < -0.39 is 0 Å². The highest BCUT2D eigenvalue weighted by Gasteiger charge is 2.08. The van der Waals surface area contributed by atoms with Gasteiger partial charge in [-0.25, -0.2) is 4.98 Å². The molecule has 0 fully saturated rings. The summed E-state index contributed by atoms with van der Waals surface area (Å²) in [7, 11) is 1.61. The summed E-state index contributed by atoms with van der Waals surface area (Å²) < 4.78 is 11.1. The molecule has 0 aliphatic rings. The van der Waals surface area contributed by atoms with Gasteiger partial charge >= 0.3 is 0 Å². The molecule has 0 radical (unpaired) electrons. The standard InChI is InChI=1S/C16H19NO3/c1-4-13-8-12(10-18)9-16(17-13)20-14-6-5-11(2)7-15(14)19-3/h5-9,18H,4,10H2,1-3H3. The molecule has 2 aromatic rings. The lowest BCUT2D eigenvalue weighted by Crippen LogP contribution is -1.97. The third-order valence-corrected chi connectivity index (χ3v) is 2.99. The van der Waals surface area contributed by atoms with Crippen molar-refractivity contribution in [3.05, 3.63) is 47.2 Å². The van der Waals surface area contributed by atoms with Gasteiger partial charge in [0.25, 0.3) is 0 Å². The zero-order valence-corrected chi connectivity index (χ0v) is 12.0. The monoisotopic (exact) mass is 273 g/mol. The van der Waals surface area contributed by atoms with Gasteiger partial charge in [-0.2, -0.15) is 0 Å². The lowest BCUT2D eigenvalue weighted by molar-refractivity contribution is 0.280. The van der Waals surface area contributed by atoms with Crippen LogP contribution in [0.1, 0.15) is 23.7 Å². The van der Waals surface area contributed by atoms with Crippen molar-refractivity contribution in [2.45, 2.75) is 26.9 Å². The predicted octanol–water partition coefficient (Wildman–Crippen LogP) is 3.25. The fourth-order valence-electron chi connectivity index (χ4n) is 1.92. The molecule has 1 heterocycles. The Kier molecular flexibility index (Phi) is 4.58. The Labute approximate surface area is 119 Å². The fraction of sp³-hybridized carbons (Fsp3) is 0.312. The maximum Gasteiger partial charge on any atom is 0.220 e. The Morgan fingerprint density at radius 1 is 1.15 bits per heavy atom. The van der Waals surface area contributed by atoms with Gasteiger partial charge in [0.1, 0.15) is 0 Å². The minimum Gasteiger partial charge on any atom is -0.493 e. The summed E-state index contributed by atoms with van der Waals surface area (Å²) in [5.41, 5.74) is 2.77. The van der Waals surface area contributed by atoms with Crippen LogP contribution in [0.3, 0.4) is 0 Å². The number of aliphatic hydroxyl groups is 1. The molecule has 4 heteroatoms. The molecule has 0 saturated carbocycles. The molecular weight excluding hydrogens is 254 g/mol. The van der Waals surface area contributed by atoms with Crippen LogP contribution in [0.15, 0.2) is 30.3 Å². The first-order valence-electron chi connectivity index (χ1n) is 6.59. The minimum atomic E-state index is -0.0308. The summed E-state index contributed by atoms with van der Waals surface area (Å²) >= 11 is 0. The van der Waals surface area contributed by atoms with Crippen LogP contribution in [-0.2, 0) is 13.0 Å². The number of aromatic nitrogens is 1. The summed E-state index contributed by atoms with van der Waals surface area (Å²) in [4.78, 5) is 4.40. The second kappa shape index (κ2) is 6.39. The van der Waals surface area contributed by atoms with Crippen LogP contribution in [0.4, 0.5) is 0 Å². The van der Waals surface area contributed by atoms with Crippen molar-refractivity contribution in [1.82, 2.24) is 4.98 Å². The molecule has 1 aromatic heterocycles. The quantitative estimate of drug-likeness (QED) is 0.908. The Morgan fingerprint density at radius 2 is 1.95 bits per heavy atom. The third-order valence-electron chi connectivity index (χ3n) is 2.99. The highest BCUT2D eigenvalue weighted by atomic mass is 16.5. The number of aryl methyl sites for hydroxylation is 2. The van der Waals surface area contributed by atoms with E-state index in [1.807, 2.05) is 38.1 Å². The van der Waals surface area contributed by atoms with Crippen molar-refractivity contribution in [2.24, 2.45) is 0 Å². The van der Waals surface area contributed by atoms with Gasteiger partial charge in [0.05, 0.1) is 13.7 Å². The van der Waals surface area contributed by atoms with Crippen molar-refractivity contribution < 1.29 is 14.6 Å². The SMILES string of the molecule is CCc1cc(CO)cc(Oc2ccc(C)cc2OC)n1. The second-order valence-corrected chi connectivity index (χ2v) is 4.57. The predicted molar refractivity (Wildman–Crippen MR) is 77.3 cm³/mol. The molecule has 1 aromatic carbocycles. The van der Waals surface area contributed by atoms with Crippen LogP contribution in [0.25, 0.3) is 0 Å². The van der Waals surface area contributed by atoms with Crippen molar-refractivity contribution in [3.63, 3.8) is 0 Å². The molecule has 0 amide bonds. The maximum absolute atomic E-state index is 9.28. The van der Waals surface area contributed by atoms with Crippen LogP contribution >= 0.6 is 0 Å². The highest BCUT2D eigenvalue weighted by molar-refractivity contribution is 5.44. The number of aliphatic hydroxyl groups excluding tert-OH is 1. The maximum atomic E-state index is 9.28. The first-order chi connectivity index (χ1) is 9.66. The molecule has 0 aliphatic heterocycles. The molecule has 4 nitrogen and oxygen atoms in total. The van der Waals surface area contributed by atoms with Crippen LogP contribution in [-0.4, -0.2) is 17.2 Å². The molecule has 0 atom stereocenters. The van der Waals surface area contributed by atoms with Gasteiger partial charge in [0.15, 0.2) is 11.5 Å². The summed E-state index contributed by atoms with van der Waals surface area (Å²) in [6.07, 6.45) is 0.787. The second-order valence-electron chi connectivity index (χ2n) is 4.57. The van der Waals surface area contributed by atoms with Gasteiger partial charge in [-0.15, -0.1) is 0 Å². The molecule has 0 bridgehead atoms. The molecule has 0 aliphatic carbocycles. The summed E-state index contributed by atoms with van der Waals surface area (Å²) in [5.74, 6) is 1.75. The van der Waals surface area contributed by atoms with E-state index in [4.69, 9.17) is 9.47 Å². The molecule has 1 N–H and O–H groups in total. The third kappa shape index (κ3) is 3.27. The smallest absolute Gasteiger partial charge is 0.220 e. The minimum absolute atomic E-state index is 0.0308. The Bertz CT molecular complexity index is 574. The molecule has 0 unspecified atom stereocenters. The van der Waals surface area contributed by atoms with Gasteiger partial charge in [0, 0.05) is 11.8 Å². The Hall–Kier alpha value is -2.07. The van der Waals surface area contributed by atoms with Gasteiger partial charge < -0.3 is 14.6 Å². The number of ether oxygens (including phenoxy) is 2. The average molecular weight is 273 g/mol. The molecular formula is C16H19NO3. The highest BCUT2D eigenvalue weighted by Crippen LogP contribution is 2.31. The fourth-order valence-corrected chi connectivity index (χ4v) is 1.92. The lowest BCUT2D eigenvalue weighted by atomic mass is 10.2. The Morgan fingerprint density at radius 3 is 2.60 bits per heavy atom. The number of methoxy groups -OCH3 is 1. The number of pyridine rings is 1. The first kappa shape index (κ1) is 14.3. The molecule has 0 saturated heterocycles. The van der Waals surface area contributed by atoms with Crippen molar-refractivity contribution in [1.29, 1.82) is 0 Å². The Balaban J connectivity index is 2.34. The number of hydrogen-bond acceptors (Lipinski definition) is 4. The van der Waals surface area contributed by atoms with E-state index in [2.05, 4.69) is 4.98 Å². The van der Waals surface area contributed by atoms with E-state index in [0.717, 1.165) is 23.2 Å². The zero-order chi connectivity index (χ0) is 14.5. The van der Waals surface area contributed by atoms with E-state index in [1.54, 1.807) is 13.2 Å². The zero-order valence-electron chi connectivity index (χ0n) is 12.0. The van der Waals surface area contributed by atoms with E-state index >= 15 is 0 Å². The average Bonchev–Trinajstić information content (AvgIpc) is 2.48. The number of rotatable bonds is 5.